The van der Waals surface area contributed by atoms with Gasteiger partial charge in [-0.15, -0.1) is 0 Å². The Hall–Kier alpha value is -3.17. The van der Waals surface area contributed by atoms with Crippen LogP contribution in [0.25, 0.3) is 0 Å². The molecule has 170 valence electrons. The number of aromatic nitrogens is 2. The monoisotopic (exact) mass is 529 g/mol. The van der Waals surface area contributed by atoms with Crippen LogP contribution in [0.1, 0.15) is 23.2 Å². The maximum atomic E-state index is 13.0. The van der Waals surface area contributed by atoms with Gasteiger partial charge in [0.05, 0.1) is 16.3 Å². The molecular weight excluding hydrogens is 510 g/mol. The molecule has 3 aromatic rings. The van der Waals surface area contributed by atoms with Crippen molar-refractivity contribution in [1.82, 2.24) is 9.97 Å². The first-order valence-electron chi connectivity index (χ1n) is 10.3. The Labute approximate surface area is 204 Å². The fourth-order valence-electron chi connectivity index (χ4n) is 3.72. The lowest BCUT2D eigenvalue weighted by molar-refractivity contribution is -0.120. The van der Waals surface area contributed by atoms with E-state index in [9.17, 15) is 14.7 Å². The van der Waals surface area contributed by atoms with Crippen LogP contribution in [0.2, 0.25) is 5.02 Å². The van der Waals surface area contributed by atoms with Crippen LogP contribution < -0.4 is 15.5 Å². The van der Waals surface area contributed by atoms with E-state index in [0.29, 0.717) is 28.2 Å². The lowest BCUT2D eigenvalue weighted by Gasteiger charge is -2.33. The number of carbonyl (C=O) groups excluding carboxylic acids is 2. The molecule has 10 heteroatoms. The predicted molar refractivity (Wildman–Crippen MR) is 131 cm³/mol. The van der Waals surface area contributed by atoms with Crippen LogP contribution in [-0.2, 0) is 4.79 Å². The van der Waals surface area contributed by atoms with E-state index in [2.05, 4.69) is 41.4 Å². The van der Waals surface area contributed by atoms with Crippen molar-refractivity contribution in [3.8, 4) is 5.75 Å². The van der Waals surface area contributed by atoms with Gasteiger partial charge in [0.15, 0.2) is 0 Å². The van der Waals surface area contributed by atoms with Crippen molar-refractivity contribution in [2.24, 2.45) is 5.92 Å². The molecule has 3 heterocycles. The molecule has 0 aliphatic carbocycles. The van der Waals surface area contributed by atoms with Gasteiger partial charge in [-0.05, 0) is 49.2 Å². The molecule has 1 saturated heterocycles. The van der Waals surface area contributed by atoms with Crippen molar-refractivity contribution < 1.29 is 14.7 Å². The summed E-state index contributed by atoms with van der Waals surface area (Å²) in [5.41, 5.74) is 1.25. The number of aromatic hydroxyl groups is 1. The molecule has 3 N–H and O–H groups in total. The smallest absolute Gasteiger partial charge is 0.259 e. The van der Waals surface area contributed by atoms with E-state index in [-0.39, 0.29) is 28.8 Å². The fourth-order valence-corrected chi connectivity index (χ4v) is 4.27. The standard InChI is InChI=1S/C23H21BrClN5O3/c24-15-11-18(23(33)28-20-2-1-16(25)13-27-20)21(19(31)12-15)29-22(32)14-5-9-30(10-6-14)17-3-7-26-8-4-17/h1-4,7-8,11-14,31H,5-6,9-10H2,(H,29,32)(H,27,28,33). The van der Waals surface area contributed by atoms with E-state index in [1.165, 1.54) is 18.3 Å². The molecule has 8 nitrogen and oxygen atoms in total. The van der Waals surface area contributed by atoms with Gasteiger partial charge in [0.2, 0.25) is 5.91 Å². The van der Waals surface area contributed by atoms with E-state index in [1.54, 1.807) is 24.5 Å². The van der Waals surface area contributed by atoms with Gasteiger partial charge in [0.25, 0.3) is 5.91 Å². The van der Waals surface area contributed by atoms with Gasteiger partial charge in [0, 0.05) is 47.8 Å². The third kappa shape index (κ3) is 5.61. The van der Waals surface area contributed by atoms with Crippen LogP contribution in [0.4, 0.5) is 17.2 Å². The number of nitrogens with one attached hydrogen (secondary N) is 2. The predicted octanol–water partition coefficient (Wildman–Crippen LogP) is 4.71. The van der Waals surface area contributed by atoms with Gasteiger partial charge in [-0.2, -0.15) is 0 Å². The topological polar surface area (TPSA) is 107 Å². The maximum Gasteiger partial charge on any atom is 0.259 e. The highest BCUT2D eigenvalue weighted by atomic mass is 79.9. The van der Waals surface area contributed by atoms with E-state index in [0.717, 1.165) is 18.8 Å². The summed E-state index contributed by atoms with van der Waals surface area (Å²) >= 11 is 9.13. The van der Waals surface area contributed by atoms with Crippen molar-refractivity contribution in [3.05, 3.63) is 70.0 Å². The number of nitrogens with zero attached hydrogens (tertiary/aromatic N) is 3. The lowest BCUT2D eigenvalue weighted by Crippen LogP contribution is -2.38. The Morgan fingerprint density at radius 3 is 2.48 bits per heavy atom. The van der Waals surface area contributed by atoms with Crippen LogP contribution >= 0.6 is 27.5 Å². The molecule has 1 fully saturated rings. The number of piperidine rings is 1. The second-order valence-corrected chi connectivity index (χ2v) is 8.97. The molecule has 4 rings (SSSR count). The molecule has 2 amide bonds. The summed E-state index contributed by atoms with van der Waals surface area (Å²) in [4.78, 5) is 36.2. The highest BCUT2D eigenvalue weighted by Gasteiger charge is 2.27. The van der Waals surface area contributed by atoms with Gasteiger partial charge in [0.1, 0.15) is 11.6 Å². The highest BCUT2D eigenvalue weighted by Crippen LogP contribution is 2.33. The number of phenols is 1. The average Bonchev–Trinajstić information content (AvgIpc) is 2.82. The zero-order valence-corrected chi connectivity index (χ0v) is 19.8. The quantitative estimate of drug-likeness (QED) is 0.413. The normalized spacial score (nSPS) is 14.1. The molecular formula is C23H21BrClN5O3. The third-order valence-corrected chi connectivity index (χ3v) is 6.12. The SMILES string of the molecule is O=C(Nc1ccc(Cl)cn1)c1cc(Br)cc(O)c1NC(=O)C1CCN(c2ccncc2)CC1. The van der Waals surface area contributed by atoms with Crippen LogP contribution in [0.5, 0.6) is 5.75 Å². The highest BCUT2D eigenvalue weighted by molar-refractivity contribution is 9.10. The van der Waals surface area contributed by atoms with Crippen molar-refractivity contribution >= 4 is 56.5 Å². The number of hydrogen-bond acceptors (Lipinski definition) is 6. The van der Waals surface area contributed by atoms with Crippen molar-refractivity contribution in [1.29, 1.82) is 0 Å². The number of amides is 2. The van der Waals surface area contributed by atoms with Gasteiger partial charge >= 0.3 is 0 Å². The number of halogens is 2. The van der Waals surface area contributed by atoms with Gasteiger partial charge in [-0.25, -0.2) is 4.98 Å². The molecule has 0 unspecified atom stereocenters. The zero-order valence-electron chi connectivity index (χ0n) is 17.5. The largest absolute Gasteiger partial charge is 0.506 e. The molecule has 0 bridgehead atoms. The molecule has 0 radical (unpaired) electrons. The summed E-state index contributed by atoms with van der Waals surface area (Å²) in [6.07, 6.45) is 6.22. The van der Waals surface area contributed by atoms with E-state index in [1.807, 2.05) is 12.1 Å². The van der Waals surface area contributed by atoms with Crippen LogP contribution in [0.3, 0.4) is 0 Å². The fraction of sp³-hybridized carbons (Fsp3) is 0.217. The molecule has 1 aliphatic rings. The first kappa shape index (κ1) is 23.0. The number of benzene rings is 1. The van der Waals surface area contributed by atoms with Gasteiger partial charge < -0.3 is 20.6 Å². The average molecular weight is 531 g/mol. The number of carbonyl (C=O) groups is 2. The molecule has 0 saturated carbocycles. The Morgan fingerprint density at radius 2 is 1.82 bits per heavy atom. The van der Waals surface area contributed by atoms with Gasteiger partial charge in [-0.3, -0.25) is 14.6 Å². The van der Waals surface area contributed by atoms with Crippen LogP contribution in [0, 0.1) is 5.92 Å². The van der Waals surface area contributed by atoms with Crippen LogP contribution in [-0.4, -0.2) is 40.0 Å². The van der Waals surface area contributed by atoms with Crippen molar-refractivity contribution in [3.63, 3.8) is 0 Å². The molecule has 0 atom stereocenters. The minimum atomic E-state index is -0.524. The van der Waals surface area contributed by atoms with E-state index < -0.39 is 5.91 Å². The summed E-state index contributed by atoms with van der Waals surface area (Å²) in [5, 5.41) is 16.3. The third-order valence-electron chi connectivity index (χ3n) is 5.44. The second-order valence-electron chi connectivity index (χ2n) is 7.62. The van der Waals surface area contributed by atoms with Crippen molar-refractivity contribution in [2.45, 2.75) is 12.8 Å². The molecule has 0 spiro atoms. The molecule has 1 aliphatic heterocycles. The minimum Gasteiger partial charge on any atom is -0.506 e. The van der Waals surface area contributed by atoms with Gasteiger partial charge in [-0.1, -0.05) is 27.5 Å². The summed E-state index contributed by atoms with van der Waals surface area (Å²) in [7, 11) is 0. The maximum absolute atomic E-state index is 13.0. The summed E-state index contributed by atoms with van der Waals surface area (Å²) in [6, 6.07) is 10.0. The Balaban J connectivity index is 1.47. The van der Waals surface area contributed by atoms with E-state index >= 15 is 0 Å². The summed E-state index contributed by atoms with van der Waals surface area (Å²) < 4.78 is 0.498. The summed E-state index contributed by atoms with van der Waals surface area (Å²) in [6.45, 7) is 1.45. The molecule has 1 aromatic carbocycles. The number of hydrogen-bond donors (Lipinski definition) is 3. The molecule has 33 heavy (non-hydrogen) atoms. The number of phenolic OH excluding ortho intramolecular Hbond substituents is 1. The summed E-state index contributed by atoms with van der Waals surface area (Å²) in [5.74, 6) is -0.907. The molecule has 2 aromatic heterocycles. The first-order valence-corrected chi connectivity index (χ1v) is 11.5. The number of anilines is 3. The lowest BCUT2D eigenvalue weighted by atomic mass is 9.95. The van der Waals surface area contributed by atoms with Crippen LogP contribution in [0.15, 0.2) is 59.5 Å². The zero-order chi connectivity index (χ0) is 23.4. The second kappa shape index (κ2) is 10.2. The Kier molecular flexibility index (Phi) is 7.10. The number of rotatable bonds is 5. The Morgan fingerprint density at radius 1 is 1.09 bits per heavy atom. The number of pyridine rings is 2. The van der Waals surface area contributed by atoms with E-state index in [4.69, 9.17) is 11.6 Å². The minimum absolute atomic E-state index is 0.0613. The first-order chi connectivity index (χ1) is 15.9. The van der Waals surface area contributed by atoms with Crippen molar-refractivity contribution in [2.75, 3.05) is 28.6 Å². The Bertz CT molecular complexity index is 1150.